The molecule has 0 aliphatic carbocycles. The van der Waals surface area contributed by atoms with Gasteiger partial charge in [0.25, 0.3) is 0 Å². The third-order valence-corrected chi connectivity index (χ3v) is 3.92. The SMILES string of the molecule is N#Cc1[nH]nnc1-c1cc(-c2cccs2)cc(C(F)(F)F)c1. The van der Waals surface area contributed by atoms with Crippen molar-refractivity contribution in [3.05, 3.63) is 47.0 Å². The summed E-state index contributed by atoms with van der Waals surface area (Å²) in [6, 6.07) is 8.94. The van der Waals surface area contributed by atoms with Crippen LogP contribution in [0.4, 0.5) is 13.2 Å². The predicted octanol–water partition coefficient (Wildman–Crippen LogP) is 4.09. The Morgan fingerprint density at radius 3 is 2.59 bits per heavy atom. The fraction of sp³-hybridized carbons (Fsp3) is 0.0714. The van der Waals surface area contributed by atoms with Gasteiger partial charge in [-0.1, -0.05) is 11.3 Å². The Balaban J connectivity index is 2.23. The Morgan fingerprint density at radius 1 is 1.18 bits per heavy atom. The van der Waals surface area contributed by atoms with Crippen molar-refractivity contribution in [1.82, 2.24) is 15.4 Å². The molecule has 3 rings (SSSR count). The van der Waals surface area contributed by atoms with Crippen molar-refractivity contribution in [3.63, 3.8) is 0 Å². The van der Waals surface area contributed by atoms with Crippen molar-refractivity contribution in [3.8, 4) is 27.8 Å². The molecule has 0 saturated carbocycles. The molecule has 0 amide bonds. The zero-order valence-electron chi connectivity index (χ0n) is 10.8. The molecule has 3 aromatic rings. The van der Waals surface area contributed by atoms with E-state index >= 15 is 0 Å². The normalized spacial score (nSPS) is 11.4. The van der Waals surface area contributed by atoms with Gasteiger partial charge in [-0.2, -0.15) is 18.4 Å². The summed E-state index contributed by atoms with van der Waals surface area (Å²) in [5, 5.41) is 20.3. The second-order valence-electron chi connectivity index (χ2n) is 4.42. The first kappa shape index (κ1) is 14.3. The molecule has 0 spiro atoms. The van der Waals surface area contributed by atoms with E-state index in [1.165, 1.54) is 11.3 Å². The van der Waals surface area contributed by atoms with Crippen LogP contribution in [-0.4, -0.2) is 15.4 Å². The van der Waals surface area contributed by atoms with Gasteiger partial charge in [-0.25, -0.2) is 5.10 Å². The highest BCUT2D eigenvalue weighted by atomic mass is 32.1. The van der Waals surface area contributed by atoms with E-state index in [1.807, 2.05) is 6.07 Å². The lowest BCUT2D eigenvalue weighted by Gasteiger charge is -2.10. The van der Waals surface area contributed by atoms with Crippen LogP contribution in [0.15, 0.2) is 35.7 Å². The highest BCUT2D eigenvalue weighted by molar-refractivity contribution is 7.13. The van der Waals surface area contributed by atoms with Crippen LogP contribution in [-0.2, 0) is 6.18 Å². The van der Waals surface area contributed by atoms with Crippen LogP contribution in [0.2, 0.25) is 0 Å². The standard InChI is InChI=1S/C14H7F3N4S/c15-14(16,17)10-5-8(12-2-1-3-22-12)4-9(6-10)13-11(7-18)19-21-20-13/h1-6H,(H,19,20,21). The van der Waals surface area contributed by atoms with Gasteiger partial charge in [0.2, 0.25) is 0 Å². The Labute approximate surface area is 126 Å². The van der Waals surface area contributed by atoms with Gasteiger partial charge in [0.15, 0.2) is 5.69 Å². The van der Waals surface area contributed by atoms with E-state index < -0.39 is 11.7 Å². The first-order valence-electron chi connectivity index (χ1n) is 6.06. The molecule has 1 aromatic carbocycles. The first-order chi connectivity index (χ1) is 10.5. The molecule has 2 heterocycles. The van der Waals surface area contributed by atoms with E-state index in [4.69, 9.17) is 5.26 Å². The molecule has 0 bridgehead atoms. The Kier molecular flexibility index (Phi) is 3.42. The molecule has 2 aromatic heterocycles. The third-order valence-electron chi connectivity index (χ3n) is 3.00. The summed E-state index contributed by atoms with van der Waals surface area (Å²) in [6.45, 7) is 0. The van der Waals surface area contributed by atoms with Gasteiger partial charge < -0.3 is 0 Å². The second-order valence-corrected chi connectivity index (χ2v) is 5.37. The summed E-state index contributed by atoms with van der Waals surface area (Å²) >= 11 is 1.34. The fourth-order valence-corrected chi connectivity index (χ4v) is 2.74. The van der Waals surface area contributed by atoms with E-state index in [9.17, 15) is 13.2 Å². The van der Waals surface area contributed by atoms with Gasteiger partial charge in [0.1, 0.15) is 11.8 Å². The van der Waals surface area contributed by atoms with Crippen LogP contribution in [0.25, 0.3) is 21.7 Å². The molecular formula is C14H7F3N4S. The number of halogens is 3. The van der Waals surface area contributed by atoms with Crippen LogP contribution < -0.4 is 0 Å². The minimum Gasteiger partial charge on any atom is -0.247 e. The summed E-state index contributed by atoms with van der Waals surface area (Å²) in [5.41, 5.74) is -0.0432. The van der Waals surface area contributed by atoms with Crippen LogP contribution >= 0.6 is 11.3 Å². The van der Waals surface area contributed by atoms with Crippen molar-refractivity contribution in [2.75, 3.05) is 0 Å². The minimum atomic E-state index is -4.49. The maximum absolute atomic E-state index is 13.1. The number of rotatable bonds is 2. The van der Waals surface area contributed by atoms with Crippen LogP contribution in [0.3, 0.4) is 0 Å². The van der Waals surface area contributed by atoms with Crippen LogP contribution in [0.5, 0.6) is 0 Å². The van der Waals surface area contributed by atoms with E-state index in [0.29, 0.717) is 10.4 Å². The maximum atomic E-state index is 13.1. The number of hydrogen-bond donors (Lipinski definition) is 1. The molecule has 0 atom stereocenters. The lowest BCUT2D eigenvalue weighted by molar-refractivity contribution is -0.137. The zero-order chi connectivity index (χ0) is 15.7. The van der Waals surface area contributed by atoms with Gasteiger partial charge in [-0.05, 0) is 35.2 Å². The summed E-state index contributed by atoms with van der Waals surface area (Å²) < 4.78 is 39.3. The molecule has 0 radical (unpaired) electrons. The molecule has 8 heteroatoms. The average molecular weight is 320 g/mol. The molecule has 4 nitrogen and oxygen atoms in total. The summed E-state index contributed by atoms with van der Waals surface area (Å²) in [4.78, 5) is 0.703. The second kappa shape index (κ2) is 5.27. The fourth-order valence-electron chi connectivity index (χ4n) is 2.02. The summed E-state index contributed by atoms with van der Waals surface area (Å²) in [6.07, 6.45) is -4.49. The van der Waals surface area contributed by atoms with Crippen molar-refractivity contribution >= 4 is 11.3 Å². The Bertz CT molecular complexity index is 844. The van der Waals surface area contributed by atoms with Gasteiger partial charge in [-0.3, -0.25) is 0 Å². The van der Waals surface area contributed by atoms with Gasteiger partial charge in [-0.15, -0.1) is 16.4 Å². The monoisotopic (exact) mass is 320 g/mol. The average Bonchev–Trinajstić information content (AvgIpc) is 3.17. The van der Waals surface area contributed by atoms with Gasteiger partial charge in [0, 0.05) is 10.4 Å². The number of benzene rings is 1. The zero-order valence-corrected chi connectivity index (χ0v) is 11.7. The molecule has 1 N–H and O–H groups in total. The number of nitrogens with zero attached hydrogens (tertiary/aromatic N) is 3. The number of H-pyrrole nitrogens is 1. The highest BCUT2D eigenvalue weighted by Gasteiger charge is 2.32. The number of hydrogen-bond acceptors (Lipinski definition) is 4. The van der Waals surface area contributed by atoms with Crippen molar-refractivity contribution in [1.29, 1.82) is 5.26 Å². The van der Waals surface area contributed by atoms with Crippen LogP contribution in [0, 0.1) is 11.3 Å². The van der Waals surface area contributed by atoms with E-state index in [1.54, 1.807) is 23.6 Å². The molecule has 0 fully saturated rings. The molecule has 0 aliphatic rings. The smallest absolute Gasteiger partial charge is 0.247 e. The Morgan fingerprint density at radius 2 is 1.95 bits per heavy atom. The quantitative estimate of drug-likeness (QED) is 0.773. The van der Waals surface area contributed by atoms with Crippen molar-refractivity contribution < 1.29 is 13.2 Å². The van der Waals surface area contributed by atoms with E-state index in [0.717, 1.165) is 12.1 Å². The third kappa shape index (κ3) is 2.58. The first-order valence-corrected chi connectivity index (χ1v) is 6.94. The number of nitrogens with one attached hydrogen (secondary N) is 1. The lowest BCUT2D eigenvalue weighted by Crippen LogP contribution is -2.05. The minimum absolute atomic E-state index is 0.0245. The highest BCUT2D eigenvalue weighted by Crippen LogP contribution is 2.37. The van der Waals surface area contributed by atoms with Crippen molar-refractivity contribution in [2.24, 2.45) is 0 Å². The molecule has 22 heavy (non-hydrogen) atoms. The van der Waals surface area contributed by atoms with Gasteiger partial charge in [0.05, 0.1) is 5.56 Å². The molecular weight excluding hydrogens is 313 g/mol. The summed E-state index contributed by atoms with van der Waals surface area (Å²) in [5.74, 6) is 0. The number of nitriles is 1. The molecule has 110 valence electrons. The topological polar surface area (TPSA) is 65.4 Å². The number of aromatic nitrogens is 3. The number of aromatic amines is 1. The number of thiophene rings is 1. The van der Waals surface area contributed by atoms with Crippen LogP contribution in [0.1, 0.15) is 11.3 Å². The summed E-state index contributed by atoms with van der Waals surface area (Å²) in [7, 11) is 0. The van der Waals surface area contributed by atoms with Crippen molar-refractivity contribution in [2.45, 2.75) is 6.18 Å². The lowest BCUT2D eigenvalue weighted by atomic mass is 10.0. The van der Waals surface area contributed by atoms with E-state index in [2.05, 4.69) is 15.4 Å². The molecule has 0 aliphatic heterocycles. The molecule has 0 unspecified atom stereocenters. The predicted molar refractivity (Wildman–Crippen MR) is 74.8 cm³/mol. The maximum Gasteiger partial charge on any atom is 0.416 e. The molecule has 0 saturated heterocycles. The van der Waals surface area contributed by atoms with E-state index in [-0.39, 0.29) is 17.0 Å². The largest absolute Gasteiger partial charge is 0.416 e. The number of alkyl halides is 3. The van der Waals surface area contributed by atoms with Gasteiger partial charge >= 0.3 is 6.18 Å². The Hall–Kier alpha value is -2.66.